The first-order valence-electron chi connectivity index (χ1n) is 22.1. The predicted octanol–water partition coefficient (Wildman–Crippen LogP) is 15.4. The predicted molar refractivity (Wildman–Crippen MR) is 269 cm³/mol. The molecule has 3 heterocycles. The summed E-state index contributed by atoms with van der Waals surface area (Å²) in [6.45, 7) is 0. The van der Waals surface area contributed by atoms with Gasteiger partial charge in [-0.2, -0.15) is 0 Å². The zero-order chi connectivity index (χ0) is 43.6. The summed E-state index contributed by atoms with van der Waals surface area (Å²) in [5, 5.41) is 6.64. The van der Waals surface area contributed by atoms with Crippen LogP contribution < -0.4 is 0 Å². The Labute approximate surface area is 379 Å². The van der Waals surface area contributed by atoms with Gasteiger partial charge in [-0.05, 0) is 93.0 Å². The maximum atomic E-state index is 6.69. The maximum absolute atomic E-state index is 6.69. The Morgan fingerprint density at radius 1 is 0.333 bits per heavy atom. The van der Waals surface area contributed by atoms with Gasteiger partial charge < -0.3 is 8.98 Å². The van der Waals surface area contributed by atoms with Crippen LogP contribution in [-0.2, 0) is 0 Å². The van der Waals surface area contributed by atoms with Crippen LogP contribution in [0, 0.1) is 0 Å². The Kier molecular flexibility index (Phi) is 8.74. The van der Waals surface area contributed by atoms with E-state index < -0.39 is 0 Å². The fourth-order valence-electron chi connectivity index (χ4n) is 9.56. The van der Waals surface area contributed by atoms with Crippen LogP contribution in [0.25, 0.3) is 128 Å². The van der Waals surface area contributed by atoms with E-state index >= 15 is 0 Å². The van der Waals surface area contributed by atoms with Gasteiger partial charge in [-0.15, -0.1) is 0 Å². The van der Waals surface area contributed by atoms with Crippen LogP contribution in [0.2, 0.25) is 0 Å². The number of oxazole rings is 1. The molecule has 0 radical (unpaired) electrons. The minimum absolute atomic E-state index is 0.609. The average Bonchev–Trinajstić information content (AvgIpc) is 3.99. The zero-order valence-corrected chi connectivity index (χ0v) is 35.5. The van der Waals surface area contributed by atoms with Gasteiger partial charge in [0.15, 0.2) is 23.1 Å². The largest absolute Gasteiger partial charge is 0.435 e. The fraction of sp³-hybridized carbons (Fsp3) is 0. The summed E-state index contributed by atoms with van der Waals surface area (Å²) in [4.78, 5) is 20.4. The van der Waals surface area contributed by atoms with E-state index in [1.54, 1.807) is 0 Å². The standard InChI is InChI=1S/C60H37N5O/c1-5-15-39(16-6-1)46-32-33-49(48-24-14-13-23-47(46)48)59-63-57(41-17-7-2-8-18-41)62-58(64-59)42-27-25-38(26-28-42)44-31-35-52-50(37-44)55-53(65(52)45-21-11-4-12-22-45)36-30-40-29-34-51-56(54(40)55)66-60(61-51)43-19-9-3-10-20-43/h1-37H. The summed E-state index contributed by atoms with van der Waals surface area (Å²) in [5.41, 5.74) is 13.2. The molecule has 0 atom stereocenters. The van der Waals surface area contributed by atoms with Crippen LogP contribution in [0.1, 0.15) is 0 Å². The third-order valence-electron chi connectivity index (χ3n) is 12.7. The van der Waals surface area contributed by atoms with Crippen molar-refractivity contribution < 1.29 is 4.42 Å². The van der Waals surface area contributed by atoms with E-state index in [2.05, 4.69) is 162 Å². The van der Waals surface area contributed by atoms with Crippen molar-refractivity contribution in [1.29, 1.82) is 0 Å². The first-order chi connectivity index (χ1) is 32.7. The molecule has 66 heavy (non-hydrogen) atoms. The minimum atomic E-state index is 0.609. The first kappa shape index (κ1) is 37.5. The molecular weight excluding hydrogens is 807 g/mol. The summed E-state index contributed by atoms with van der Waals surface area (Å²) >= 11 is 0. The highest BCUT2D eigenvalue weighted by Crippen LogP contribution is 2.43. The van der Waals surface area contributed by atoms with Crippen molar-refractivity contribution in [3.05, 3.63) is 224 Å². The minimum Gasteiger partial charge on any atom is -0.435 e. The van der Waals surface area contributed by atoms with Gasteiger partial charge in [0.2, 0.25) is 5.89 Å². The van der Waals surface area contributed by atoms with Gasteiger partial charge in [-0.25, -0.2) is 19.9 Å². The summed E-state index contributed by atoms with van der Waals surface area (Å²) in [6.07, 6.45) is 0. The second-order valence-electron chi connectivity index (χ2n) is 16.6. The van der Waals surface area contributed by atoms with Gasteiger partial charge in [-0.3, -0.25) is 0 Å². The number of fused-ring (bicyclic) bond motifs is 8. The molecule has 0 N–H and O–H groups in total. The Balaban J connectivity index is 0.957. The highest BCUT2D eigenvalue weighted by Gasteiger charge is 2.21. The number of nitrogens with zero attached hydrogens (tertiary/aromatic N) is 5. The molecule has 13 aromatic rings. The van der Waals surface area contributed by atoms with Crippen molar-refractivity contribution in [2.45, 2.75) is 0 Å². The summed E-state index contributed by atoms with van der Waals surface area (Å²) < 4.78 is 9.04. The van der Waals surface area contributed by atoms with Crippen LogP contribution in [-0.4, -0.2) is 24.5 Å². The number of hydrogen-bond donors (Lipinski definition) is 0. The number of para-hydroxylation sites is 1. The molecule has 0 amide bonds. The van der Waals surface area contributed by atoms with Gasteiger partial charge in [0.1, 0.15) is 5.52 Å². The SMILES string of the molecule is c1ccc(-c2nc(-c3ccc(-c4ccc5c(c4)c4c6c(ccc7nc(-c8ccccc8)oc76)ccc4n5-c4ccccc4)cc3)nc(-c3ccc(-c4ccccc4)c4ccccc34)n2)cc1. The molecule has 0 saturated heterocycles. The topological polar surface area (TPSA) is 69.6 Å². The van der Waals surface area contributed by atoms with Crippen molar-refractivity contribution in [2.24, 2.45) is 0 Å². The smallest absolute Gasteiger partial charge is 0.227 e. The molecule has 0 saturated carbocycles. The van der Waals surface area contributed by atoms with Gasteiger partial charge >= 0.3 is 0 Å². The van der Waals surface area contributed by atoms with Gasteiger partial charge in [0, 0.05) is 44.1 Å². The van der Waals surface area contributed by atoms with Crippen LogP contribution in [0.15, 0.2) is 229 Å². The van der Waals surface area contributed by atoms with Crippen molar-refractivity contribution >= 4 is 54.5 Å². The lowest BCUT2D eigenvalue weighted by atomic mass is 9.94. The van der Waals surface area contributed by atoms with E-state index in [9.17, 15) is 0 Å². The van der Waals surface area contributed by atoms with E-state index in [1.807, 2.05) is 66.7 Å². The van der Waals surface area contributed by atoms with Crippen LogP contribution in [0.3, 0.4) is 0 Å². The lowest BCUT2D eigenvalue weighted by Crippen LogP contribution is -2.00. The summed E-state index contributed by atoms with van der Waals surface area (Å²) in [5.74, 6) is 2.47. The lowest BCUT2D eigenvalue weighted by molar-refractivity contribution is 0.623. The summed E-state index contributed by atoms with van der Waals surface area (Å²) in [6, 6.07) is 78.1. The molecule has 0 aliphatic heterocycles. The molecule has 13 rings (SSSR count). The molecule has 0 bridgehead atoms. The fourth-order valence-corrected chi connectivity index (χ4v) is 9.56. The Bertz CT molecular complexity index is 3960. The Morgan fingerprint density at radius 2 is 0.864 bits per heavy atom. The molecular formula is C60H37N5O. The van der Waals surface area contributed by atoms with Crippen LogP contribution >= 0.6 is 0 Å². The molecule has 0 fully saturated rings. The van der Waals surface area contributed by atoms with Gasteiger partial charge in [0.05, 0.1) is 11.0 Å². The van der Waals surface area contributed by atoms with Crippen LogP contribution in [0.4, 0.5) is 0 Å². The number of benzene rings is 10. The van der Waals surface area contributed by atoms with E-state index in [0.29, 0.717) is 23.4 Å². The van der Waals surface area contributed by atoms with Crippen LogP contribution in [0.5, 0.6) is 0 Å². The molecule has 308 valence electrons. The monoisotopic (exact) mass is 843 g/mol. The van der Waals surface area contributed by atoms with Crippen molar-refractivity contribution in [3.63, 3.8) is 0 Å². The van der Waals surface area contributed by atoms with E-state index in [4.69, 9.17) is 24.4 Å². The normalized spacial score (nSPS) is 11.6. The number of rotatable bonds is 7. The lowest BCUT2D eigenvalue weighted by Gasteiger charge is -2.13. The van der Waals surface area contributed by atoms with E-state index in [-0.39, 0.29) is 0 Å². The molecule has 6 nitrogen and oxygen atoms in total. The third kappa shape index (κ3) is 6.26. The highest BCUT2D eigenvalue weighted by atomic mass is 16.3. The molecule has 3 aromatic heterocycles. The summed E-state index contributed by atoms with van der Waals surface area (Å²) in [7, 11) is 0. The van der Waals surface area contributed by atoms with Gasteiger partial charge in [0.25, 0.3) is 0 Å². The van der Waals surface area contributed by atoms with Crippen molar-refractivity contribution in [2.75, 3.05) is 0 Å². The second kappa shape index (κ2) is 15.4. The molecule has 10 aromatic carbocycles. The molecule has 0 unspecified atom stereocenters. The number of aromatic nitrogens is 5. The third-order valence-corrected chi connectivity index (χ3v) is 12.7. The van der Waals surface area contributed by atoms with E-state index in [1.165, 1.54) is 11.1 Å². The molecule has 0 spiro atoms. The van der Waals surface area contributed by atoms with E-state index in [0.717, 1.165) is 93.5 Å². The average molecular weight is 844 g/mol. The quantitative estimate of drug-likeness (QED) is 0.160. The van der Waals surface area contributed by atoms with Crippen molar-refractivity contribution in [3.8, 4) is 73.6 Å². The first-order valence-corrected chi connectivity index (χ1v) is 22.1. The Hall–Kier alpha value is -9.00. The Morgan fingerprint density at radius 3 is 1.58 bits per heavy atom. The van der Waals surface area contributed by atoms with Gasteiger partial charge in [-0.1, -0.05) is 170 Å². The van der Waals surface area contributed by atoms with Crippen molar-refractivity contribution in [1.82, 2.24) is 24.5 Å². The zero-order valence-electron chi connectivity index (χ0n) is 35.5. The number of hydrogen-bond acceptors (Lipinski definition) is 5. The molecule has 0 aliphatic rings. The maximum Gasteiger partial charge on any atom is 0.227 e. The highest BCUT2D eigenvalue weighted by molar-refractivity contribution is 6.27. The second-order valence-corrected chi connectivity index (χ2v) is 16.6. The molecule has 0 aliphatic carbocycles. The molecule has 6 heteroatoms.